The van der Waals surface area contributed by atoms with Crippen molar-refractivity contribution in [3.05, 3.63) is 21.9 Å². The van der Waals surface area contributed by atoms with Gasteiger partial charge in [-0.3, -0.25) is 4.79 Å². The van der Waals surface area contributed by atoms with Gasteiger partial charge in [0, 0.05) is 15.8 Å². The molecule has 10 heavy (non-hydrogen) atoms. The minimum absolute atomic E-state index is 0.790. The van der Waals surface area contributed by atoms with Crippen LogP contribution in [0.1, 0.15) is 34.0 Å². The minimum Gasteiger partial charge on any atom is -0.298 e. The van der Waals surface area contributed by atoms with Crippen molar-refractivity contribution in [1.82, 2.24) is 0 Å². The molecule has 0 N–H and O–H groups in total. The minimum atomic E-state index is 0.790. The predicted molar refractivity (Wildman–Crippen MR) is 41.7 cm³/mol. The average molecular weight is 152 g/mol. The van der Waals surface area contributed by atoms with Crippen LogP contribution in [0, 0.1) is 0 Å². The first-order chi connectivity index (χ1) is 4.90. The van der Waals surface area contributed by atoms with Gasteiger partial charge < -0.3 is 0 Å². The van der Waals surface area contributed by atoms with Crippen molar-refractivity contribution in [3.63, 3.8) is 0 Å². The lowest BCUT2D eigenvalue weighted by molar-refractivity contribution is 0.112. The Bertz CT molecular complexity index is 248. The average Bonchev–Trinajstić information content (AvgIpc) is 2.70. The summed E-state index contributed by atoms with van der Waals surface area (Å²) in [4.78, 5) is 11.7. The van der Waals surface area contributed by atoms with Crippen LogP contribution < -0.4 is 0 Å². The summed E-state index contributed by atoms with van der Waals surface area (Å²) in [6.07, 6.45) is 3.56. The van der Waals surface area contributed by atoms with Crippen LogP contribution in [0.4, 0.5) is 0 Å². The first-order valence-electron chi connectivity index (χ1n) is 3.44. The Hall–Kier alpha value is -0.630. The third-order valence-corrected chi connectivity index (χ3v) is 2.87. The van der Waals surface area contributed by atoms with Crippen molar-refractivity contribution in [2.24, 2.45) is 0 Å². The monoisotopic (exact) mass is 152 g/mol. The molecule has 1 aromatic heterocycles. The topological polar surface area (TPSA) is 17.1 Å². The van der Waals surface area contributed by atoms with Crippen molar-refractivity contribution in [3.8, 4) is 0 Å². The lowest BCUT2D eigenvalue weighted by Crippen LogP contribution is -1.70. The van der Waals surface area contributed by atoms with Gasteiger partial charge in [0.2, 0.25) is 0 Å². The van der Waals surface area contributed by atoms with Crippen molar-refractivity contribution < 1.29 is 4.79 Å². The van der Waals surface area contributed by atoms with Crippen LogP contribution in [-0.4, -0.2) is 6.29 Å². The van der Waals surface area contributed by atoms with E-state index >= 15 is 0 Å². The largest absolute Gasteiger partial charge is 0.298 e. The second kappa shape index (κ2) is 2.20. The molecule has 1 saturated carbocycles. The molecule has 0 radical (unpaired) electrons. The molecule has 0 atom stereocenters. The van der Waals surface area contributed by atoms with E-state index in [9.17, 15) is 4.79 Å². The standard InChI is InChI=1S/C8H8OS/c9-4-6-3-8(10-5-6)7-1-2-7/h3-5,7H,1-2H2. The van der Waals surface area contributed by atoms with Crippen molar-refractivity contribution in [1.29, 1.82) is 0 Å². The zero-order valence-electron chi connectivity index (χ0n) is 5.54. The van der Waals surface area contributed by atoms with Crippen molar-refractivity contribution in [2.45, 2.75) is 18.8 Å². The summed E-state index contributed by atoms with van der Waals surface area (Å²) < 4.78 is 0. The number of thiophene rings is 1. The molecule has 0 aliphatic heterocycles. The molecule has 0 unspecified atom stereocenters. The quantitative estimate of drug-likeness (QED) is 0.595. The number of aldehydes is 1. The smallest absolute Gasteiger partial charge is 0.150 e. The fourth-order valence-corrected chi connectivity index (χ4v) is 2.04. The third kappa shape index (κ3) is 0.991. The molecular formula is C8H8OS. The van der Waals surface area contributed by atoms with E-state index in [1.54, 1.807) is 11.3 Å². The number of hydrogen-bond donors (Lipinski definition) is 0. The van der Waals surface area contributed by atoms with Crippen LogP contribution in [0.15, 0.2) is 11.4 Å². The van der Waals surface area contributed by atoms with Crippen LogP contribution in [0.2, 0.25) is 0 Å². The van der Waals surface area contributed by atoms with E-state index in [-0.39, 0.29) is 0 Å². The Kier molecular flexibility index (Phi) is 1.34. The molecule has 1 aromatic rings. The lowest BCUT2D eigenvalue weighted by atomic mass is 10.3. The highest BCUT2D eigenvalue weighted by Crippen LogP contribution is 2.42. The van der Waals surface area contributed by atoms with Crippen molar-refractivity contribution >= 4 is 17.6 Å². The molecule has 1 heterocycles. The van der Waals surface area contributed by atoms with Crippen LogP contribution >= 0.6 is 11.3 Å². The molecule has 1 nitrogen and oxygen atoms in total. The summed E-state index contributed by atoms with van der Waals surface area (Å²) in [5.74, 6) is 0.790. The van der Waals surface area contributed by atoms with Gasteiger partial charge in [0.25, 0.3) is 0 Å². The highest BCUT2D eigenvalue weighted by molar-refractivity contribution is 7.10. The highest BCUT2D eigenvalue weighted by Gasteiger charge is 2.24. The summed E-state index contributed by atoms with van der Waals surface area (Å²) >= 11 is 1.71. The molecule has 0 aromatic carbocycles. The van der Waals surface area contributed by atoms with E-state index in [0.29, 0.717) is 0 Å². The van der Waals surface area contributed by atoms with E-state index in [0.717, 1.165) is 17.8 Å². The maximum absolute atomic E-state index is 10.3. The zero-order chi connectivity index (χ0) is 6.97. The highest BCUT2D eigenvalue weighted by atomic mass is 32.1. The normalized spacial score (nSPS) is 17.2. The molecule has 2 rings (SSSR count). The van der Waals surface area contributed by atoms with Gasteiger partial charge in [0.1, 0.15) is 0 Å². The molecule has 2 heteroatoms. The van der Waals surface area contributed by atoms with E-state index in [1.807, 2.05) is 11.4 Å². The van der Waals surface area contributed by atoms with Crippen molar-refractivity contribution in [2.75, 3.05) is 0 Å². The molecule has 1 aliphatic rings. The van der Waals surface area contributed by atoms with Crippen LogP contribution in [0.25, 0.3) is 0 Å². The fourth-order valence-electron chi connectivity index (χ4n) is 1.01. The van der Waals surface area contributed by atoms with Gasteiger partial charge in [0.05, 0.1) is 0 Å². The summed E-state index contributed by atoms with van der Waals surface area (Å²) in [6.45, 7) is 0. The second-order valence-corrected chi connectivity index (χ2v) is 3.62. The molecule has 0 amide bonds. The lowest BCUT2D eigenvalue weighted by Gasteiger charge is -1.83. The van der Waals surface area contributed by atoms with Crippen LogP contribution in [0.5, 0.6) is 0 Å². The number of carbonyl (C=O) groups excluding carboxylic acids is 1. The van der Waals surface area contributed by atoms with Gasteiger partial charge in [0.15, 0.2) is 6.29 Å². The van der Waals surface area contributed by atoms with Crippen LogP contribution in [0.3, 0.4) is 0 Å². The van der Waals surface area contributed by atoms with E-state index in [1.165, 1.54) is 17.7 Å². The van der Waals surface area contributed by atoms with E-state index in [4.69, 9.17) is 0 Å². The first-order valence-corrected chi connectivity index (χ1v) is 4.32. The van der Waals surface area contributed by atoms with E-state index < -0.39 is 0 Å². The molecule has 0 saturated heterocycles. The number of carbonyl (C=O) groups is 1. The van der Waals surface area contributed by atoms with Gasteiger partial charge in [-0.1, -0.05) is 0 Å². The second-order valence-electron chi connectivity index (χ2n) is 2.67. The molecule has 1 aliphatic carbocycles. The SMILES string of the molecule is O=Cc1csc(C2CC2)c1. The van der Waals surface area contributed by atoms with Gasteiger partial charge in [-0.15, -0.1) is 11.3 Å². The Morgan fingerprint density at radius 3 is 2.90 bits per heavy atom. The third-order valence-electron chi connectivity index (χ3n) is 1.76. The van der Waals surface area contributed by atoms with Gasteiger partial charge in [-0.25, -0.2) is 0 Å². The Morgan fingerprint density at radius 1 is 1.60 bits per heavy atom. The number of rotatable bonds is 2. The number of hydrogen-bond acceptors (Lipinski definition) is 2. The Labute approximate surface area is 63.7 Å². The maximum Gasteiger partial charge on any atom is 0.150 e. The fraction of sp³-hybridized carbons (Fsp3) is 0.375. The summed E-state index contributed by atoms with van der Waals surface area (Å²) in [6, 6.07) is 2.01. The predicted octanol–water partition coefficient (Wildman–Crippen LogP) is 2.44. The molecule has 1 fully saturated rings. The van der Waals surface area contributed by atoms with Gasteiger partial charge in [-0.2, -0.15) is 0 Å². The van der Waals surface area contributed by atoms with Gasteiger partial charge in [-0.05, 0) is 24.8 Å². The molecule has 0 spiro atoms. The summed E-state index contributed by atoms with van der Waals surface area (Å²) in [7, 11) is 0. The van der Waals surface area contributed by atoms with Gasteiger partial charge >= 0.3 is 0 Å². The van der Waals surface area contributed by atoms with Crippen LogP contribution in [-0.2, 0) is 0 Å². The summed E-state index contributed by atoms with van der Waals surface area (Å²) in [5.41, 5.74) is 0.840. The first kappa shape index (κ1) is 6.10. The summed E-state index contributed by atoms with van der Waals surface area (Å²) in [5, 5.41) is 1.93. The molecular weight excluding hydrogens is 144 g/mol. The Balaban J connectivity index is 2.26. The Morgan fingerprint density at radius 2 is 2.40 bits per heavy atom. The zero-order valence-corrected chi connectivity index (χ0v) is 6.36. The maximum atomic E-state index is 10.3. The van der Waals surface area contributed by atoms with E-state index in [2.05, 4.69) is 0 Å². The molecule has 52 valence electrons. The molecule has 0 bridgehead atoms.